The van der Waals surface area contributed by atoms with Crippen molar-refractivity contribution in [1.82, 2.24) is 19.7 Å². The minimum atomic E-state index is -0.827. The van der Waals surface area contributed by atoms with Gasteiger partial charge in [-0.05, 0) is 77.7 Å². The highest BCUT2D eigenvalue weighted by Gasteiger charge is 2.40. The van der Waals surface area contributed by atoms with E-state index in [1.807, 2.05) is 101 Å². The molecule has 0 bridgehead atoms. The van der Waals surface area contributed by atoms with Crippen molar-refractivity contribution < 1.29 is 14.3 Å². The first kappa shape index (κ1) is 35.8. The van der Waals surface area contributed by atoms with Crippen LogP contribution >= 0.6 is 0 Å². The molecule has 1 amide bonds. The molecule has 0 aliphatic rings. The maximum atomic E-state index is 11.3. The van der Waals surface area contributed by atoms with Crippen molar-refractivity contribution in [1.29, 1.82) is 0 Å². The number of primary amides is 1. The first-order valence-electron chi connectivity index (χ1n) is 18.0. The van der Waals surface area contributed by atoms with E-state index in [2.05, 4.69) is 89.7 Å². The third kappa shape index (κ3) is 7.36. The Kier molecular flexibility index (Phi) is 10.1. The van der Waals surface area contributed by atoms with Gasteiger partial charge >= 0.3 is 6.09 Å². The van der Waals surface area contributed by atoms with Crippen molar-refractivity contribution in [3.05, 3.63) is 180 Å². The summed E-state index contributed by atoms with van der Waals surface area (Å²) in [7, 11) is 0. The average molecular weight is 714 g/mol. The van der Waals surface area contributed by atoms with E-state index in [4.69, 9.17) is 30.3 Å². The van der Waals surface area contributed by atoms with Crippen molar-refractivity contribution in [3.8, 4) is 39.5 Å². The number of nitrogens with two attached hydrogens (primary N) is 1. The maximum absolute atomic E-state index is 11.3. The Morgan fingerprint density at radius 1 is 0.722 bits per heavy atom. The number of hydrogen-bond donors (Lipinski definition) is 1. The van der Waals surface area contributed by atoms with E-state index in [0.717, 1.165) is 56.2 Å². The number of nitrogens with zero attached hydrogens (tertiary/aromatic N) is 4. The minimum absolute atomic E-state index is 0.0517. The standard InChI is InChI=1S/C46H43N5O3/c1-32-15-14-22-40(49-32)43-39(34-27-28-48-41(29-34)33-23-25-38(26-24-33)54-42(45(2,3)4)31-53-44(47)52)30-51(50-43)46(35-16-8-5-9-17-35,36-18-10-6-11-19-36)37-20-12-7-13-21-37/h5-30,42H,31H2,1-4H3,(H2,47,52). The molecule has 0 spiro atoms. The molecule has 7 rings (SSSR count). The molecule has 270 valence electrons. The Labute approximate surface area is 316 Å². The molecule has 0 aliphatic heterocycles. The molecule has 0 radical (unpaired) electrons. The largest absolute Gasteiger partial charge is 0.486 e. The summed E-state index contributed by atoms with van der Waals surface area (Å²) in [6, 6.07) is 49.5. The summed E-state index contributed by atoms with van der Waals surface area (Å²) < 4.78 is 13.4. The van der Waals surface area contributed by atoms with Gasteiger partial charge in [0.15, 0.2) is 0 Å². The number of aryl methyl sites for hydroxylation is 1. The fourth-order valence-electron chi connectivity index (χ4n) is 6.80. The Bertz CT molecular complexity index is 2240. The second kappa shape index (κ2) is 15.2. The van der Waals surface area contributed by atoms with Gasteiger partial charge in [0.1, 0.15) is 29.7 Å². The van der Waals surface area contributed by atoms with E-state index in [0.29, 0.717) is 5.75 Å². The fourth-order valence-corrected chi connectivity index (χ4v) is 6.80. The molecule has 0 fully saturated rings. The second-order valence-electron chi connectivity index (χ2n) is 14.4. The number of aromatic nitrogens is 4. The average Bonchev–Trinajstić information content (AvgIpc) is 3.64. The molecule has 8 nitrogen and oxygen atoms in total. The number of pyridine rings is 2. The number of ether oxygens (including phenoxy) is 2. The van der Waals surface area contributed by atoms with Crippen LogP contribution < -0.4 is 10.5 Å². The Hall–Kier alpha value is -6.54. The Morgan fingerprint density at radius 3 is 1.85 bits per heavy atom. The van der Waals surface area contributed by atoms with Crippen LogP contribution in [0.15, 0.2) is 158 Å². The summed E-state index contributed by atoms with van der Waals surface area (Å²) in [4.78, 5) is 21.0. The highest BCUT2D eigenvalue weighted by atomic mass is 16.6. The summed E-state index contributed by atoms with van der Waals surface area (Å²) in [6.07, 6.45) is 2.75. The van der Waals surface area contributed by atoms with Gasteiger partial charge < -0.3 is 15.2 Å². The van der Waals surface area contributed by atoms with Gasteiger partial charge in [-0.2, -0.15) is 5.10 Å². The molecule has 3 heterocycles. The van der Waals surface area contributed by atoms with E-state index in [9.17, 15) is 4.79 Å². The molecule has 0 saturated heterocycles. The van der Waals surface area contributed by atoms with E-state index < -0.39 is 17.7 Å². The van der Waals surface area contributed by atoms with Gasteiger partial charge in [-0.25, -0.2) is 4.79 Å². The summed E-state index contributed by atoms with van der Waals surface area (Å²) in [5.41, 5.74) is 13.4. The van der Waals surface area contributed by atoms with Gasteiger partial charge in [-0.15, -0.1) is 0 Å². The summed E-state index contributed by atoms with van der Waals surface area (Å²) in [5, 5.41) is 5.46. The molecule has 0 saturated carbocycles. The summed E-state index contributed by atoms with van der Waals surface area (Å²) in [6.45, 7) is 8.12. The van der Waals surface area contributed by atoms with Gasteiger partial charge in [0, 0.05) is 34.6 Å². The zero-order chi connectivity index (χ0) is 37.7. The summed E-state index contributed by atoms with van der Waals surface area (Å²) >= 11 is 0. The van der Waals surface area contributed by atoms with E-state index in [1.54, 1.807) is 0 Å². The van der Waals surface area contributed by atoms with E-state index in [1.165, 1.54) is 0 Å². The van der Waals surface area contributed by atoms with Crippen LogP contribution in [0, 0.1) is 12.3 Å². The molecule has 54 heavy (non-hydrogen) atoms. The van der Waals surface area contributed by atoms with Crippen molar-refractivity contribution in [2.45, 2.75) is 39.3 Å². The monoisotopic (exact) mass is 713 g/mol. The van der Waals surface area contributed by atoms with Crippen LogP contribution in [-0.2, 0) is 10.3 Å². The van der Waals surface area contributed by atoms with Gasteiger partial charge in [-0.3, -0.25) is 14.6 Å². The van der Waals surface area contributed by atoms with Crippen LogP contribution in [0.4, 0.5) is 4.79 Å². The van der Waals surface area contributed by atoms with Crippen LogP contribution in [0.1, 0.15) is 43.2 Å². The normalized spacial score (nSPS) is 12.2. The lowest BCUT2D eigenvalue weighted by Gasteiger charge is -2.36. The number of rotatable bonds is 11. The Balaban J connectivity index is 1.36. The lowest BCUT2D eigenvalue weighted by Crippen LogP contribution is -2.38. The first-order valence-corrected chi connectivity index (χ1v) is 18.0. The minimum Gasteiger partial charge on any atom is -0.486 e. The quantitative estimate of drug-likeness (QED) is 0.134. The zero-order valence-electron chi connectivity index (χ0n) is 30.9. The number of benzene rings is 4. The van der Waals surface area contributed by atoms with Crippen LogP contribution in [0.5, 0.6) is 5.75 Å². The predicted molar refractivity (Wildman–Crippen MR) is 213 cm³/mol. The smallest absolute Gasteiger partial charge is 0.404 e. The second-order valence-corrected chi connectivity index (χ2v) is 14.4. The predicted octanol–water partition coefficient (Wildman–Crippen LogP) is 9.71. The van der Waals surface area contributed by atoms with Crippen molar-refractivity contribution in [2.24, 2.45) is 11.1 Å². The lowest BCUT2D eigenvalue weighted by atomic mass is 9.77. The molecule has 7 aromatic rings. The Morgan fingerprint density at radius 2 is 1.31 bits per heavy atom. The zero-order valence-corrected chi connectivity index (χ0v) is 30.9. The van der Waals surface area contributed by atoms with Crippen molar-refractivity contribution in [2.75, 3.05) is 6.61 Å². The van der Waals surface area contributed by atoms with Gasteiger partial charge in [0.25, 0.3) is 0 Å². The van der Waals surface area contributed by atoms with Gasteiger partial charge in [0.05, 0.1) is 11.4 Å². The fraction of sp³-hybridized carbons (Fsp3) is 0.174. The molecule has 2 N–H and O–H groups in total. The molecule has 8 heteroatoms. The summed E-state index contributed by atoms with van der Waals surface area (Å²) in [5.74, 6) is 0.649. The van der Waals surface area contributed by atoms with E-state index >= 15 is 0 Å². The topological polar surface area (TPSA) is 105 Å². The third-order valence-corrected chi connectivity index (χ3v) is 9.61. The van der Waals surface area contributed by atoms with E-state index in [-0.39, 0.29) is 12.0 Å². The highest BCUT2D eigenvalue weighted by molar-refractivity contribution is 5.81. The van der Waals surface area contributed by atoms with Crippen molar-refractivity contribution in [3.63, 3.8) is 0 Å². The SMILES string of the molecule is Cc1cccc(-c2nn(C(c3ccccc3)(c3ccccc3)c3ccccc3)cc2-c2ccnc(-c3ccc(OC(COC(N)=O)C(C)(C)C)cc3)c2)n1. The highest BCUT2D eigenvalue weighted by Crippen LogP contribution is 2.43. The first-order chi connectivity index (χ1) is 26.1. The lowest BCUT2D eigenvalue weighted by molar-refractivity contribution is 0.0240. The number of carbonyl (C=O) groups is 1. The molecule has 0 aliphatic carbocycles. The van der Waals surface area contributed by atoms with Gasteiger partial charge in [0.2, 0.25) is 0 Å². The molecule has 1 unspecified atom stereocenters. The number of hydrogen-bond acceptors (Lipinski definition) is 6. The number of carbonyl (C=O) groups excluding carboxylic acids is 1. The maximum Gasteiger partial charge on any atom is 0.404 e. The van der Waals surface area contributed by atoms with Crippen molar-refractivity contribution >= 4 is 6.09 Å². The van der Waals surface area contributed by atoms with Gasteiger partial charge in [-0.1, -0.05) is 118 Å². The molecular weight excluding hydrogens is 671 g/mol. The third-order valence-electron chi connectivity index (χ3n) is 9.61. The molecule has 4 aromatic carbocycles. The number of amides is 1. The van der Waals surface area contributed by atoms with Crippen LogP contribution in [-0.4, -0.2) is 38.6 Å². The molecule has 1 atom stereocenters. The molecular formula is C46H43N5O3. The molecule has 3 aromatic heterocycles. The van der Waals surface area contributed by atoms with Crippen LogP contribution in [0.2, 0.25) is 0 Å². The van der Waals surface area contributed by atoms with Crippen LogP contribution in [0.25, 0.3) is 33.8 Å². The van der Waals surface area contributed by atoms with Crippen LogP contribution in [0.3, 0.4) is 0 Å².